The maximum absolute atomic E-state index is 5.93. The summed E-state index contributed by atoms with van der Waals surface area (Å²) in [5.74, 6) is 4.22. The second kappa shape index (κ2) is 4.54. The summed E-state index contributed by atoms with van der Waals surface area (Å²) in [7, 11) is 1.97. The molecule has 3 aromatic heterocycles. The van der Waals surface area contributed by atoms with E-state index in [1.807, 2.05) is 30.1 Å². The molecular formula is C14H16N6O. The Balaban J connectivity index is 1.51. The largest absolute Gasteiger partial charge is 0.464 e. The van der Waals surface area contributed by atoms with Crippen molar-refractivity contribution < 1.29 is 4.42 Å². The smallest absolute Gasteiger partial charge is 0.200 e. The first-order chi connectivity index (χ1) is 10.2. The zero-order chi connectivity index (χ0) is 14.4. The molecule has 0 bridgehead atoms. The molecule has 3 heterocycles. The van der Waals surface area contributed by atoms with E-state index >= 15 is 0 Å². The van der Waals surface area contributed by atoms with Gasteiger partial charge in [0.05, 0.1) is 6.54 Å². The summed E-state index contributed by atoms with van der Waals surface area (Å²) >= 11 is 0. The molecule has 2 atom stereocenters. The van der Waals surface area contributed by atoms with Crippen LogP contribution in [0.3, 0.4) is 0 Å². The number of hydrogen-bond donors (Lipinski definition) is 0. The second-order valence-corrected chi connectivity index (χ2v) is 5.70. The van der Waals surface area contributed by atoms with Crippen molar-refractivity contribution in [1.29, 1.82) is 0 Å². The zero-order valence-electron chi connectivity index (χ0n) is 12.0. The molecule has 0 unspecified atom stereocenters. The van der Waals surface area contributed by atoms with Crippen molar-refractivity contribution in [2.45, 2.75) is 25.8 Å². The minimum absolute atomic E-state index is 0.611. The Morgan fingerprint density at radius 2 is 2.19 bits per heavy atom. The summed E-state index contributed by atoms with van der Waals surface area (Å²) in [5.41, 5.74) is 0.634. The van der Waals surface area contributed by atoms with Crippen molar-refractivity contribution in [3.63, 3.8) is 0 Å². The number of anilines is 1. The van der Waals surface area contributed by atoms with Crippen LogP contribution in [0, 0.1) is 5.92 Å². The lowest BCUT2D eigenvalue weighted by atomic mass is 10.3. The third-order valence-electron chi connectivity index (χ3n) is 4.00. The van der Waals surface area contributed by atoms with Gasteiger partial charge in [-0.15, -0.1) is 14.8 Å². The highest BCUT2D eigenvalue weighted by Crippen LogP contribution is 2.47. The Bertz CT molecular complexity index is 778. The monoisotopic (exact) mass is 284 g/mol. The number of hydrogen-bond acceptors (Lipinski definition) is 6. The predicted octanol–water partition coefficient (Wildman–Crippen LogP) is 1.87. The Morgan fingerprint density at radius 3 is 3.00 bits per heavy atom. The van der Waals surface area contributed by atoms with Gasteiger partial charge >= 0.3 is 0 Å². The molecule has 0 spiro atoms. The Morgan fingerprint density at radius 1 is 1.33 bits per heavy atom. The van der Waals surface area contributed by atoms with Gasteiger partial charge in [0.15, 0.2) is 11.5 Å². The van der Waals surface area contributed by atoms with Crippen molar-refractivity contribution in [3.8, 4) is 0 Å². The van der Waals surface area contributed by atoms with E-state index in [-0.39, 0.29) is 0 Å². The van der Waals surface area contributed by atoms with Gasteiger partial charge < -0.3 is 9.32 Å². The molecule has 1 aliphatic rings. The van der Waals surface area contributed by atoms with Gasteiger partial charge in [-0.25, -0.2) is 0 Å². The van der Waals surface area contributed by atoms with Crippen LogP contribution < -0.4 is 4.90 Å². The molecule has 108 valence electrons. The summed E-state index contributed by atoms with van der Waals surface area (Å²) < 4.78 is 7.35. The molecule has 0 aliphatic heterocycles. The van der Waals surface area contributed by atoms with E-state index in [0.29, 0.717) is 18.1 Å². The molecule has 3 aromatic rings. The van der Waals surface area contributed by atoms with Crippen LogP contribution in [0.4, 0.5) is 5.82 Å². The number of furan rings is 1. The minimum Gasteiger partial charge on any atom is -0.464 e. The average Bonchev–Trinajstić information content (AvgIpc) is 2.92. The highest BCUT2D eigenvalue weighted by molar-refractivity contribution is 5.43. The van der Waals surface area contributed by atoms with Crippen molar-refractivity contribution in [3.05, 3.63) is 35.8 Å². The van der Waals surface area contributed by atoms with Crippen LogP contribution in [0.25, 0.3) is 5.65 Å². The zero-order valence-corrected chi connectivity index (χ0v) is 12.0. The summed E-state index contributed by atoms with van der Waals surface area (Å²) in [5, 5.41) is 15.6. The summed E-state index contributed by atoms with van der Waals surface area (Å²) in [4.78, 5) is 2.01. The number of aromatic nitrogens is 5. The minimum atomic E-state index is 0.611. The molecule has 1 fully saturated rings. The van der Waals surface area contributed by atoms with E-state index in [4.69, 9.17) is 4.42 Å². The van der Waals surface area contributed by atoms with Crippen molar-refractivity contribution in [1.82, 2.24) is 25.3 Å². The number of nitrogens with zero attached hydrogens (tertiary/aromatic N) is 6. The van der Waals surface area contributed by atoms with Crippen LogP contribution in [0.15, 0.2) is 28.7 Å². The van der Waals surface area contributed by atoms with Crippen LogP contribution in [-0.2, 0) is 6.54 Å². The van der Waals surface area contributed by atoms with Crippen molar-refractivity contribution >= 4 is 11.5 Å². The van der Waals surface area contributed by atoms with Crippen molar-refractivity contribution in [2.24, 2.45) is 5.92 Å². The lowest BCUT2D eigenvalue weighted by molar-refractivity contribution is 0.460. The molecule has 1 aliphatic carbocycles. The van der Waals surface area contributed by atoms with E-state index in [0.717, 1.165) is 23.3 Å². The normalized spacial score (nSPS) is 20.9. The predicted molar refractivity (Wildman–Crippen MR) is 75.9 cm³/mol. The number of rotatable bonds is 4. The molecule has 0 radical (unpaired) electrons. The molecule has 0 N–H and O–H groups in total. The molecule has 21 heavy (non-hydrogen) atoms. The van der Waals surface area contributed by atoms with Gasteiger partial charge in [-0.3, -0.25) is 0 Å². The van der Waals surface area contributed by atoms with E-state index in [1.54, 1.807) is 0 Å². The Labute approximate surface area is 121 Å². The first-order valence-corrected chi connectivity index (χ1v) is 7.06. The number of fused-ring (bicyclic) bond motifs is 1. The fraction of sp³-hybridized carbons (Fsp3) is 0.429. The summed E-state index contributed by atoms with van der Waals surface area (Å²) in [6, 6.07) is 7.89. The third-order valence-corrected chi connectivity index (χ3v) is 4.00. The molecule has 0 aromatic carbocycles. The van der Waals surface area contributed by atoms with Crippen LogP contribution in [0.2, 0.25) is 0 Å². The van der Waals surface area contributed by atoms with E-state index in [1.165, 1.54) is 11.1 Å². The van der Waals surface area contributed by atoms with Crippen LogP contribution in [-0.4, -0.2) is 32.3 Å². The molecule has 0 saturated heterocycles. The summed E-state index contributed by atoms with van der Waals surface area (Å²) in [6.45, 7) is 2.92. The van der Waals surface area contributed by atoms with E-state index in [9.17, 15) is 0 Å². The van der Waals surface area contributed by atoms with E-state index < -0.39 is 0 Å². The van der Waals surface area contributed by atoms with Gasteiger partial charge in [0.25, 0.3) is 0 Å². The third kappa shape index (κ3) is 2.24. The van der Waals surface area contributed by atoms with Crippen LogP contribution in [0.1, 0.15) is 30.8 Å². The van der Waals surface area contributed by atoms with Crippen molar-refractivity contribution in [2.75, 3.05) is 11.9 Å². The first-order valence-electron chi connectivity index (χ1n) is 7.06. The standard InChI is InChI=1S/C14H16N6O/c1-9-7-11(9)12-4-3-10(21-12)8-19(2)14-6-5-13-15-17-18-20(13)16-14/h3-6,9,11H,7-8H2,1-2H3/t9-,11-/m1/s1. The molecule has 4 rings (SSSR count). The molecule has 7 heteroatoms. The molecule has 0 amide bonds. The molecule has 7 nitrogen and oxygen atoms in total. The van der Waals surface area contributed by atoms with E-state index in [2.05, 4.69) is 33.6 Å². The molecular weight excluding hydrogens is 268 g/mol. The fourth-order valence-electron chi connectivity index (χ4n) is 2.56. The molecule has 1 saturated carbocycles. The average molecular weight is 284 g/mol. The lowest BCUT2D eigenvalue weighted by Crippen LogP contribution is -2.18. The Hall–Kier alpha value is -2.44. The van der Waals surface area contributed by atoms with Crippen LogP contribution in [0.5, 0.6) is 0 Å². The fourth-order valence-corrected chi connectivity index (χ4v) is 2.56. The number of tetrazole rings is 1. The first kappa shape index (κ1) is 12.3. The van der Waals surface area contributed by atoms with Gasteiger partial charge in [0.2, 0.25) is 0 Å². The maximum Gasteiger partial charge on any atom is 0.200 e. The van der Waals surface area contributed by atoms with Crippen LogP contribution >= 0.6 is 0 Å². The van der Waals surface area contributed by atoms with Gasteiger partial charge in [-0.05, 0) is 47.0 Å². The topological polar surface area (TPSA) is 72.4 Å². The second-order valence-electron chi connectivity index (χ2n) is 5.70. The lowest BCUT2D eigenvalue weighted by Gasteiger charge is -2.15. The highest BCUT2D eigenvalue weighted by atomic mass is 16.3. The highest BCUT2D eigenvalue weighted by Gasteiger charge is 2.36. The Kier molecular flexibility index (Phi) is 2.66. The summed E-state index contributed by atoms with van der Waals surface area (Å²) in [6.07, 6.45) is 1.24. The van der Waals surface area contributed by atoms with Gasteiger partial charge in [0, 0.05) is 13.0 Å². The van der Waals surface area contributed by atoms with Gasteiger partial charge in [-0.2, -0.15) is 0 Å². The SMILES string of the molecule is C[C@@H]1C[C@H]1c1ccc(CN(C)c2ccc3nnnn3n2)o1. The maximum atomic E-state index is 5.93. The van der Waals surface area contributed by atoms with Gasteiger partial charge in [-0.1, -0.05) is 6.92 Å². The van der Waals surface area contributed by atoms with Gasteiger partial charge in [0.1, 0.15) is 11.5 Å². The quantitative estimate of drug-likeness (QED) is 0.728.